The van der Waals surface area contributed by atoms with Crippen LogP contribution >= 0.6 is 23.8 Å². The summed E-state index contributed by atoms with van der Waals surface area (Å²) in [5, 5.41) is 6.61. The first kappa shape index (κ1) is 22.0. The lowest BCUT2D eigenvalue weighted by Crippen LogP contribution is -2.35. The summed E-state index contributed by atoms with van der Waals surface area (Å²) in [6, 6.07) is 21.0. The molecule has 0 aliphatic carbocycles. The van der Waals surface area contributed by atoms with Crippen molar-refractivity contribution in [2.24, 2.45) is 0 Å². The van der Waals surface area contributed by atoms with Crippen molar-refractivity contribution >= 4 is 51.6 Å². The van der Waals surface area contributed by atoms with Crippen LogP contribution in [-0.2, 0) is 24.1 Å². The maximum Gasteiger partial charge on any atom is 0.230 e. The van der Waals surface area contributed by atoms with Gasteiger partial charge in [0.2, 0.25) is 5.91 Å². The zero-order valence-corrected chi connectivity index (χ0v) is 19.1. The standard InChI is InChI=1S/C25H22ClN3O2S/c1-2-16-7-12-22-21(13-16)28-24(31-22)15-18-5-10-20(11-6-18)27-25(32)29-23(30)14-17-3-8-19(26)9-4-17/h3-13H,2,14-15H2,1H3,(H2,27,29,30,32). The van der Waals surface area contributed by atoms with Gasteiger partial charge in [-0.3, -0.25) is 4.79 Å². The molecule has 0 aliphatic rings. The number of aryl methyl sites for hydroxylation is 1. The lowest BCUT2D eigenvalue weighted by Gasteiger charge is -2.10. The molecule has 0 radical (unpaired) electrons. The summed E-state index contributed by atoms with van der Waals surface area (Å²) in [5.41, 5.74) is 5.65. The molecule has 0 aliphatic heterocycles. The summed E-state index contributed by atoms with van der Waals surface area (Å²) >= 11 is 11.1. The number of thiocarbonyl (C=S) groups is 1. The molecule has 32 heavy (non-hydrogen) atoms. The van der Waals surface area contributed by atoms with Crippen LogP contribution in [0, 0.1) is 0 Å². The van der Waals surface area contributed by atoms with E-state index in [-0.39, 0.29) is 17.4 Å². The van der Waals surface area contributed by atoms with E-state index in [1.807, 2.05) is 42.5 Å². The van der Waals surface area contributed by atoms with Gasteiger partial charge in [-0.1, -0.05) is 48.9 Å². The van der Waals surface area contributed by atoms with Crippen molar-refractivity contribution in [1.29, 1.82) is 0 Å². The zero-order chi connectivity index (χ0) is 22.5. The van der Waals surface area contributed by atoms with Gasteiger partial charge in [-0.05, 0) is 71.7 Å². The Balaban J connectivity index is 1.31. The van der Waals surface area contributed by atoms with Crippen molar-refractivity contribution in [2.75, 3.05) is 5.32 Å². The van der Waals surface area contributed by atoms with E-state index in [0.29, 0.717) is 17.3 Å². The first-order chi connectivity index (χ1) is 15.5. The van der Waals surface area contributed by atoms with Crippen molar-refractivity contribution in [2.45, 2.75) is 26.2 Å². The predicted molar refractivity (Wildman–Crippen MR) is 132 cm³/mol. The number of oxazole rings is 1. The molecule has 0 unspecified atom stereocenters. The molecule has 4 aromatic rings. The van der Waals surface area contributed by atoms with E-state index in [1.54, 1.807) is 12.1 Å². The van der Waals surface area contributed by atoms with Crippen LogP contribution < -0.4 is 10.6 Å². The Morgan fingerprint density at radius 1 is 1.00 bits per heavy atom. The summed E-state index contributed by atoms with van der Waals surface area (Å²) in [5.74, 6) is 0.488. The van der Waals surface area contributed by atoms with Gasteiger partial charge < -0.3 is 15.1 Å². The third-order valence-corrected chi connectivity index (χ3v) is 5.46. The van der Waals surface area contributed by atoms with Crippen LogP contribution in [0.25, 0.3) is 11.1 Å². The van der Waals surface area contributed by atoms with Crippen LogP contribution in [0.4, 0.5) is 5.69 Å². The number of nitrogens with one attached hydrogen (secondary N) is 2. The summed E-state index contributed by atoms with van der Waals surface area (Å²) < 4.78 is 5.86. The molecule has 0 fully saturated rings. The highest BCUT2D eigenvalue weighted by molar-refractivity contribution is 7.80. The van der Waals surface area contributed by atoms with Gasteiger partial charge in [0.25, 0.3) is 0 Å². The minimum Gasteiger partial charge on any atom is -0.440 e. The number of hydrogen-bond donors (Lipinski definition) is 2. The number of halogens is 1. The number of carbonyl (C=O) groups excluding carboxylic acids is 1. The van der Waals surface area contributed by atoms with Gasteiger partial charge in [0.15, 0.2) is 16.6 Å². The Bertz CT molecular complexity index is 1250. The van der Waals surface area contributed by atoms with Gasteiger partial charge >= 0.3 is 0 Å². The molecule has 0 saturated carbocycles. The topological polar surface area (TPSA) is 67.2 Å². The van der Waals surface area contributed by atoms with Gasteiger partial charge in [-0.2, -0.15) is 0 Å². The van der Waals surface area contributed by atoms with Crippen molar-refractivity contribution < 1.29 is 9.21 Å². The van der Waals surface area contributed by atoms with Crippen LogP contribution in [0.15, 0.2) is 71.1 Å². The maximum atomic E-state index is 12.2. The first-order valence-corrected chi connectivity index (χ1v) is 11.1. The monoisotopic (exact) mass is 463 g/mol. The van der Waals surface area contributed by atoms with Gasteiger partial charge in [-0.15, -0.1) is 0 Å². The van der Waals surface area contributed by atoms with Crippen LogP contribution in [-0.4, -0.2) is 16.0 Å². The molecule has 2 N–H and O–H groups in total. The fourth-order valence-electron chi connectivity index (χ4n) is 3.32. The van der Waals surface area contributed by atoms with Crippen molar-refractivity contribution in [1.82, 2.24) is 10.3 Å². The SMILES string of the molecule is CCc1ccc2oc(Cc3ccc(NC(=S)NC(=O)Cc4ccc(Cl)cc4)cc3)nc2c1. The zero-order valence-electron chi connectivity index (χ0n) is 17.5. The second-order valence-corrected chi connectivity index (χ2v) is 8.29. The Morgan fingerprint density at radius 2 is 1.69 bits per heavy atom. The van der Waals surface area contributed by atoms with Gasteiger partial charge in [-0.25, -0.2) is 4.98 Å². The van der Waals surface area contributed by atoms with Crippen molar-refractivity contribution in [3.63, 3.8) is 0 Å². The van der Waals surface area contributed by atoms with Crippen molar-refractivity contribution in [3.8, 4) is 0 Å². The average molecular weight is 464 g/mol. The number of amides is 1. The van der Waals surface area contributed by atoms with E-state index in [1.165, 1.54) is 5.56 Å². The van der Waals surface area contributed by atoms with Crippen LogP contribution in [0.3, 0.4) is 0 Å². The molecule has 4 rings (SSSR count). The molecule has 0 atom stereocenters. The van der Waals surface area contributed by atoms with Gasteiger partial charge in [0, 0.05) is 17.1 Å². The van der Waals surface area contributed by atoms with E-state index in [4.69, 9.17) is 28.2 Å². The third kappa shape index (κ3) is 5.72. The highest BCUT2D eigenvalue weighted by atomic mass is 35.5. The number of carbonyl (C=O) groups is 1. The number of nitrogens with zero attached hydrogens (tertiary/aromatic N) is 1. The van der Waals surface area contributed by atoms with Crippen LogP contribution in [0.5, 0.6) is 0 Å². The lowest BCUT2D eigenvalue weighted by atomic mass is 10.1. The normalized spacial score (nSPS) is 10.8. The van der Waals surface area contributed by atoms with E-state index < -0.39 is 0 Å². The minimum absolute atomic E-state index is 0.191. The van der Waals surface area contributed by atoms with E-state index in [2.05, 4.69) is 34.7 Å². The molecule has 1 heterocycles. The third-order valence-electron chi connectivity index (χ3n) is 5.00. The molecule has 0 spiro atoms. The molecule has 0 saturated heterocycles. The number of anilines is 1. The number of fused-ring (bicyclic) bond motifs is 1. The summed E-state index contributed by atoms with van der Waals surface area (Å²) in [6.45, 7) is 2.12. The summed E-state index contributed by atoms with van der Waals surface area (Å²) in [6.07, 6.45) is 1.79. The molecular weight excluding hydrogens is 442 g/mol. The molecule has 1 aromatic heterocycles. The quantitative estimate of drug-likeness (QED) is 0.359. The average Bonchev–Trinajstić information content (AvgIpc) is 3.18. The largest absolute Gasteiger partial charge is 0.440 e. The Labute approximate surface area is 196 Å². The number of hydrogen-bond acceptors (Lipinski definition) is 4. The Kier molecular flexibility index (Phi) is 6.83. The molecule has 7 heteroatoms. The molecule has 3 aromatic carbocycles. The molecule has 0 bridgehead atoms. The van der Waals surface area contributed by atoms with Gasteiger partial charge in [0.05, 0.1) is 6.42 Å². The minimum atomic E-state index is -0.191. The fourth-order valence-corrected chi connectivity index (χ4v) is 3.68. The Morgan fingerprint density at radius 3 is 2.41 bits per heavy atom. The number of benzene rings is 3. The van der Waals surface area contributed by atoms with E-state index in [0.717, 1.165) is 34.3 Å². The smallest absolute Gasteiger partial charge is 0.230 e. The Hall–Kier alpha value is -3.22. The summed E-state index contributed by atoms with van der Waals surface area (Å²) in [4.78, 5) is 16.8. The second-order valence-electron chi connectivity index (χ2n) is 7.44. The molecule has 162 valence electrons. The van der Waals surface area contributed by atoms with Gasteiger partial charge in [0.1, 0.15) is 5.52 Å². The molecule has 1 amide bonds. The predicted octanol–water partition coefficient (Wildman–Crippen LogP) is 5.69. The number of rotatable bonds is 6. The van der Waals surface area contributed by atoms with Crippen LogP contribution in [0.2, 0.25) is 5.02 Å². The lowest BCUT2D eigenvalue weighted by molar-refractivity contribution is -0.119. The van der Waals surface area contributed by atoms with Crippen molar-refractivity contribution in [3.05, 3.63) is 94.3 Å². The number of aromatic nitrogens is 1. The van der Waals surface area contributed by atoms with Crippen LogP contribution in [0.1, 0.15) is 29.5 Å². The highest BCUT2D eigenvalue weighted by Gasteiger charge is 2.09. The van der Waals surface area contributed by atoms with E-state index in [9.17, 15) is 4.79 Å². The second kappa shape index (κ2) is 9.94. The summed E-state index contributed by atoms with van der Waals surface area (Å²) in [7, 11) is 0. The van der Waals surface area contributed by atoms with E-state index >= 15 is 0 Å². The molecular formula is C25H22ClN3O2S. The first-order valence-electron chi connectivity index (χ1n) is 10.3. The molecule has 5 nitrogen and oxygen atoms in total. The highest BCUT2D eigenvalue weighted by Crippen LogP contribution is 2.20. The maximum absolute atomic E-state index is 12.2. The fraction of sp³-hybridized carbons (Fsp3) is 0.160.